The van der Waals surface area contributed by atoms with E-state index in [-0.39, 0.29) is 18.2 Å². The van der Waals surface area contributed by atoms with Crippen LogP contribution in [0.1, 0.15) is 24.2 Å². The number of hydrogen-bond acceptors (Lipinski definition) is 2. The quantitative estimate of drug-likeness (QED) is 0.180. The Labute approximate surface area is 326 Å². The molecule has 4 heteroatoms. The van der Waals surface area contributed by atoms with Gasteiger partial charge in [0.1, 0.15) is 6.17 Å². The monoisotopic (exact) mass is 720 g/mol. The fraction of sp³-hybridized carbons (Fsp3) is 0.0769. The average molecular weight is 721 g/mol. The van der Waals surface area contributed by atoms with Crippen LogP contribution in [0, 0.1) is 0 Å². The lowest BCUT2D eigenvalue weighted by atomic mass is 9.92. The maximum absolute atomic E-state index is 7.13. The summed E-state index contributed by atoms with van der Waals surface area (Å²) in [5.41, 5.74) is 21.7. The van der Waals surface area contributed by atoms with Crippen LogP contribution in [0.25, 0.3) is 82.7 Å². The van der Waals surface area contributed by atoms with Crippen molar-refractivity contribution in [2.24, 2.45) is 5.73 Å². The minimum absolute atomic E-state index is 0.0674. The molecule has 10 aromatic rings. The molecule has 3 heterocycles. The number of para-hydroxylation sites is 3. The summed E-state index contributed by atoms with van der Waals surface area (Å²) in [6.07, 6.45) is 0.772. The molecule has 2 unspecified atom stereocenters. The molecule has 1 aliphatic heterocycles. The number of benzene rings is 8. The second kappa shape index (κ2) is 13.2. The van der Waals surface area contributed by atoms with Gasteiger partial charge in [-0.2, -0.15) is 0 Å². The van der Waals surface area contributed by atoms with Crippen molar-refractivity contribution in [3.63, 3.8) is 0 Å². The van der Waals surface area contributed by atoms with E-state index in [0.717, 1.165) is 6.42 Å². The zero-order valence-electron chi connectivity index (χ0n) is 30.9. The smallest absolute Gasteiger partial charge is 0.100 e. The van der Waals surface area contributed by atoms with E-state index in [1.54, 1.807) is 0 Å². The Morgan fingerprint density at radius 2 is 0.929 bits per heavy atom. The summed E-state index contributed by atoms with van der Waals surface area (Å²) in [5.74, 6) is 0. The Bertz CT molecular complexity index is 3050. The molecule has 11 rings (SSSR count). The van der Waals surface area contributed by atoms with E-state index in [1.165, 1.54) is 88.2 Å². The topological polar surface area (TPSA) is 47.9 Å². The number of nitrogens with two attached hydrogens (primary N) is 1. The van der Waals surface area contributed by atoms with E-state index in [2.05, 4.69) is 209 Å². The molecule has 3 atom stereocenters. The summed E-state index contributed by atoms with van der Waals surface area (Å²) in [6, 6.07) is 70.4. The molecule has 2 aromatic heterocycles. The highest BCUT2D eigenvalue weighted by atomic mass is 15.2. The SMILES string of the molecule is NC1CC(c2ccccc2-c2ccc(-c3ccccc3)cc2)N[C@H]1n1c2ccccc2c2cc(-c3ccc4c(c3)c3ccccc3n4-c3ccccc3)ccc21. The van der Waals surface area contributed by atoms with Crippen LogP contribution in [-0.2, 0) is 0 Å². The van der Waals surface area contributed by atoms with Gasteiger partial charge in [-0.3, -0.25) is 5.32 Å². The normalized spacial score (nSPS) is 17.1. The van der Waals surface area contributed by atoms with E-state index >= 15 is 0 Å². The van der Waals surface area contributed by atoms with Crippen molar-refractivity contribution in [3.05, 3.63) is 200 Å². The first-order chi connectivity index (χ1) is 27.7. The van der Waals surface area contributed by atoms with Gasteiger partial charge in [-0.1, -0.05) is 146 Å². The van der Waals surface area contributed by atoms with Crippen LogP contribution >= 0.6 is 0 Å². The van der Waals surface area contributed by atoms with Crippen LogP contribution in [0.2, 0.25) is 0 Å². The number of rotatable bonds is 6. The van der Waals surface area contributed by atoms with Crippen LogP contribution in [-0.4, -0.2) is 15.2 Å². The highest BCUT2D eigenvalue weighted by Crippen LogP contribution is 2.42. The molecule has 268 valence electrons. The molecule has 3 N–H and O–H groups in total. The minimum Gasteiger partial charge on any atom is -0.325 e. The van der Waals surface area contributed by atoms with Gasteiger partial charge >= 0.3 is 0 Å². The molecule has 8 aromatic carbocycles. The molecular formula is C52H40N4. The molecule has 0 radical (unpaired) electrons. The average Bonchev–Trinajstić information content (AvgIpc) is 3.92. The van der Waals surface area contributed by atoms with Crippen LogP contribution < -0.4 is 11.1 Å². The van der Waals surface area contributed by atoms with E-state index in [4.69, 9.17) is 5.73 Å². The summed E-state index contributed by atoms with van der Waals surface area (Å²) < 4.78 is 4.82. The van der Waals surface area contributed by atoms with Crippen molar-refractivity contribution < 1.29 is 0 Å². The lowest BCUT2D eigenvalue weighted by Gasteiger charge is -2.22. The molecule has 56 heavy (non-hydrogen) atoms. The highest BCUT2D eigenvalue weighted by Gasteiger charge is 2.35. The Hall–Kier alpha value is -6.72. The predicted molar refractivity (Wildman–Crippen MR) is 234 cm³/mol. The Morgan fingerprint density at radius 3 is 1.68 bits per heavy atom. The maximum atomic E-state index is 7.13. The highest BCUT2D eigenvalue weighted by molar-refractivity contribution is 6.12. The molecular weight excluding hydrogens is 681 g/mol. The van der Waals surface area contributed by atoms with Crippen LogP contribution in [0.3, 0.4) is 0 Å². The number of hydrogen-bond donors (Lipinski definition) is 2. The van der Waals surface area contributed by atoms with E-state index in [1.807, 2.05) is 0 Å². The van der Waals surface area contributed by atoms with Gasteiger partial charge in [0, 0.05) is 39.3 Å². The molecule has 1 saturated heterocycles. The van der Waals surface area contributed by atoms with Crippen molar-refractivity contribution in [1.29, 1.82) is 0 Å². The first-order valence-corrected chi connectivity index (χ1v) is 19.6. The van der Waals surface area contributed by atoms with Crippen molar-refractivity contribution >= 4 is 43.6 Å². The fourth-order valence-corrected chi connectivity index (χ4v) is 9.31. The van der Waals surface area contributed by atoms with Crippen LogP contribution in [0.4, 0.5) is 0 Å². The molecule has 0 spiro atoms. The summed E-state index contributed by atoms with van der Waals surface area (Å²) in [5, 5.41) is 9.01. The summed E-state index contributed by atoms with van der Waals surface area (Å²) in [7, 11) is 0. The molecule has 4 nitrogen and oxygen atoms in total. The van der Waals surface area contributed by atoms with E-state index in [0.29, 0.717) is 0 Å². The van der Waals surface area contributed by atoms with Gasteiger partial charge in [0.25, 0.3) is 0 Å². The van der Waals surface area contributed by atoms with Gasteiger partial charge < -0.3 is 14.9 Å². The Morgan fingerprint density at radius 1 is 0.429 bits per heavy atom. The number of nitrogens with one attached hydrogen (secondary N) is 1. The Balaban J connectivity index is 0.964. The van der Waals surface area contributed by atoms with E-state index in [9.17, 15) is 0 Å². The number of nitrogens with zero attached hydrogens (tertiary/aromatic N) is 2. The molecule has 0 saturated carbocycles. The van der Waals surface area contributed by atoms with Crippen molar-refractivity contribution in [3.8, 4) is 39.1 Å². The van der Waals surface area contributed by atoms with Gasteiger partial charge in [0.05, 0.1) is 22.1 Å². The second-order valence-corrected chi connectivity index (χ2v) is 15.1. The zero-order chi connectivity index (χ0) is 37.2. The predicted octanol–water partition coefficient (Wildman–Crippen LogP) is 12.5. The lowest BCUT2D eigenvalue weighted by Crippen LogP contribution is -2.33. The van der Waals surface area contributed by atoms with Gasteiger partial charge in [-0.25, -0.2) is 0 Å². The molecule has 0 aliphatic carbocycles. The summed E-state index contributed by atoms with van der Waals surface area (Å²) >= 11 is 0. The minimum atomic E-state index is -0.0727. The van der Waals surface area contributed by atoms with Crippen molar-refractivity contribution in [2.45, 2.75) is 24.7 Å². The first-order valence-electron chi connectivity index (χ1n) is 19.6. The number of fused-ring (bicyclic) bond motifs is 6. The lowest BCUT2D eigenvalue weighted by molar-refractivity contribution is 0.432. The van der Waals surface area contributed by atoms with Gasteiger partial charge in [-0.15, -0.1) is 0 Å². The third-order valence-corrected chi connectivity index (χ3v) is 11.9. The van der Waals surface area contributed by atoms with Crippen molar-refractivity contribution in [2.75, 3.05) is 0 Å². The van der Waals surface area contributed by atoms with E-state index < -0.39 is 0 Å². The largest absolute Gasteiger partial charge is 0.325 e. The van der Waals surface area contributed by atoms with Gasteiger partial charge in [0.15, 0.2) is 0 Å². The summed E-state index contributed by atoms with van der Waals surface area (Å²) in [4.78, 5) is 0. The second-order valence-electron chi connectivity index (χ2n) is 15.1. The Kier molecular flexibility index (Phi) is 7.73. The standard InChI is InChI=1S/C52H40N4/c53-46-33-47(41-18-8-7-17-40(41)36-25-23-35(24-26-36)34-13-3-1-4-14-34)54-52(46)56-49-22-12-10-20-43(49)45-32-38(28-30-51(45)56)37-27-29-50-44(31-37)42-19-9-11-21-48(42)55(50)39-15-5-2-6-16-39/h1-32,46-47,52,54H,33,53H2/t46?,47?,52-/m0/s1. The third-order valence-electron chi connectivity index (χ3n) is 11.9. The third kappa shape index (κ3) is 5.30. The number of aromatic nitrogens is 2. The molecule has 1 aliphatic rings. The fourth-order valence-electron chi connectivity index (χ4n) is 9.31. The van der Waals surface area contributed by atoms with Crippen LogP contribution in [0.15, 0.2) is 194 Å². The van der Waals surface area contributed by atoms with Gasteiger partial charge in [-0.05, 0) is 93.9 Å². The maximum Gasteiger partial charge on any atom is 0.100 e. The zero-order valence-corrected chi connectivity index (χ0v) is 30.9. The first kappa shape index (κ1) is 32.7. The van der Waals surface area contributed by atoms with Crippen LogP contribution in [0.5, 0.6) is 0 Å². The summed E-state index contributed by atoms with van der Waals surface area (Å²) in [6.45, 7) is 0. The van der Waals surface area contributed by atoms with Crippen molar-refractivity contribution in [1.82, 2.24) is 14.5 Å². The van der Waals surface area contributed by atoms with Gasteiger partial charge in [0.2, 0.25) is 0 Å². The molecule has 0 bridgehead atoms. The molecule has 1 fully saturated rings. The molecule has 0 amide bonds.